The maximum atomic E-state index is 7.14. The van der Waals surface area contributed by atoms with E-state index in [2.05, 4.69) is 133 Å². The SMILES string of the molecule is Clc1ccc(C(CCC(c2ccccc2)(c2ccccc2)c2ccc(Cl)cc2Cl)(c2ccccc2)c2ccccc2)c(Cl)c1. The zero-order valence-electron chi connectivity index (χ0n) is 23.9. The van der Waals surface area contributed by atoms with Crippen molar-refractivity contribution in [3.05, 3.63) is 211 Å². The van der Waals surface area contributed by atoms with Gasteiger partial charge in [0.25, 0.3) is 0 Å². The van der Waals surface area contributed by atoms with Crippen LogP contribution in [0, 0.1) is 0 Å². The molecule has 6 aromatic carbocycles. The molecule has 218 valence electrons. The third-order valence-electron chi connectivity index (χ3n) is 8.72. The lowest BCUT2D eigenvalue weighted by atomic mass is 9.60. The summed E-state index contributed by atoms with van der Waals surface area (Å²) in [6.45, 7) is 0. The quantitative estimate of drug-likeness (QED) is 0.136. The fraction of sp³-hybridized carbons (Fsp3) is 0.100. The van der Waals surface area contributed by atoms with E-state index in [0.717, 1.165) is 33.4 Å². The van der Waals surface area contributed by atoms with E-state index in [1.165, 1.54) is 0 Å². The normalized spacial score (nSPS) is 11.8. The topological polar surface area (TPSA) is 0 Å². The molecule has 0 aliphatic rings. The Morgan fingerprint density at radius 1 is 0.341 bits per heavy atom. The van der Waals surface area contributed by atoms with Gasteiger partial charge in [-0.05, 0) is 70.5 Å². The average Bonchev–Trinajstić information content (AvgIpc) is 3.06. The molecule has 0 saturated heterocycles. The molecule has 0 unspecified atom stereocenters. The Labute approximate surface area is 279 Å². The van der Waals surface area contributed by atoms with Gasteiger partial charge in [-0.25, -0.2) is 0 Å². The largest absolute Gasteiger partial charge is 0.0843 e. The van der Waals surface area contributed by atoms with Crippen LogP contribution in [-0.4, -0.2) is 0 Å². The van der Waals surface area contributed by atoms with Gasteiger partial charge in [0.2, 0.25) is 0 Å². The van der Waals surface area contributed by atoms with Crippen LogP contribution in [0.3, 0.4) is 0 Å². The van der Waals surface area contributed by atoms with Gasteiger partial charge >= 0.3 is 0 Å². The molecule has 0 saturated carbocycles. The van der Waals surface area contributed by atoms with Gasteiger partial charge in [0.15, 0.2) is 0 Å². The van der Waals surface area contributed by atoms with Crippen LogP contribution in [0.2, 0.25) is 20.1 Å². The van der Waals surface area contributed by atoms with Crippen molar-refractivity contribution >= 4 is 46.4 Å². The van der Waals surface area contributed by atoms with Crippen LogP contribution in [0.5, 0.6) is 0 Å². The van der Waals surface area contributed by atoms with Crippen LogP contribution in [-0.2, 0) is 10.8 Å². The fourth-order valence-corrected chi connectivity index (χ4v) is 7.88. The van der Waals surface area contributed by atoms with Crippen molar-refractivity contribution in [2.24, 2.45) is 0 Å². The minimum Gasteiger partial charge on any atom is -0.0843 e. The average molecular weight is 652 g/mol. The minimum absolute atomic E-state index is 0.602. The summed E-state index contributed by atoms with van der Waals surface area (Å²) in [6, 6.07) is 54.2. The van der Waals surface area contributed by atoms with E-state index >= 15 is 0 Å². The summed E-state index contributed by atoms with van der Waals surface area (Å²) in [7, 11) is 0. The molecule has 44 heavy (non-hydrogen) atoms. The maximum absolute atomic E-state index is 7.14. The summed E-state index contributed by atoms with van der Waals surface area (Å²) in [4.78, 5) is 0. The van der Waals surface area contributed by atoms with E-state index in [9.17, 15) is 0 Å². The molecule has 0 bridgehead atoms. The van der Waals surface area contributed by atoms with Crippen molar-refractivity contribution in [3.8, 4) is 0 Å². The molecule has 0 heterocycles. The standard InChI is InChI=1S/C40H30Cl4/c41-33-21-23-35(37(43)27-33)39(29-13-5-1-6-14-29,30-15-7-2-8-16-30)25-26-40(31-17-9-3-10-18-31,32-19-11-4-12-20-32)36-24-22-34(42)28-38(36)44/h1-24,27-28H,25-26H2. The molecule has 6 rings (SSSR count). The van der Waals surface area contributed by atoms with Crippen molar-refractivity contribution in [2.45, 2.75) is 23.7 Å². The Morgan fingerprint density at radius 3 is 0.864 bits per heavy atom. The highest BCUT2D eigenvalue weighted by Crippen LogP contribution is 2.52. The second-order valence-electron chi connectivity index (χ2n) is 11.0. The molecule has 0 fully saturated rings. The molecule has 0 aromatic heterocycles. The van der Waals surface area contributed by atoms with Crippen molar-refractivity contribution < 1.29 is 0 Å². The molecule has 0 N–H and O–H groups in total. The van der Waals surface area contributed by atoms with Crippen molar-refractivity contribution in [1.29, 1.82) is 0 Å². The Hall–Kier alpha value is -3.52. The van der Waals surface area contributed by atoms with E-state index in [1.54, 1.807) is 0 Å². The first kappa shape index (κ1) is 30.5. The Bertz CT molecular complexity index is 1620. The van der Waals surface area contributed by atoms with Gasteiger partial charge in [-0.3, -0.25) is 0 Å². The van der Waals surface area contributed by atoms with Crippen molar-refractivity contribution in [2.75, 3.05) is 0 Å². The predicted molar refractivity (Wildman–Crippen MR) is 188 cm³/mol. The molecular weight excluding hydrogens is 622 g/mol. The van der Waals surface area contributed by atoms with Gasteiger partial charge in [0, 0.05) is 30.9 Å². The molecule has 0 aliphatic carbocycles. The van der Waals surface area contributed by atoms with E-state index in [0.29, 0.717) is 32.9 Å². The lowest BCUT2D eigenvalue weighted by Crippen LogP contribution is -2.36. The first-order valence-electron chi connectivity index (χ1n) is 14.6. The van der Waals surface area contributed by atoms with Gasteiger partial charge < -0.3 is 0 Å². The van der Waals surface area contributed by atoms with E-state index in [1.807, 2.05) is 24.3 Å². The van der Waals surface area contributed by atoms with Crippen LogP contribution in [0.15, 0.2) is 158 Å². The first-order chi connectivity index (χ1) is 21.4. The van der Waals surface area contributed by atoms with Crippen molar-refractivity contribution in [1.82, 2.24) is 0 Å². The van der Waals surface area contributed by atoms with Crippen molar-refractivity contribution in [3.63, 3.8) is 0 Å². The zero-order chi connectivity index (χ0) is 30.6. The smallest absolute Gasteiger partial charge is 0.0466 e. The minimum atomic E-state index is -0.613. The van der Waals surface area contributed by atoms with Gasteiger partial charge in [-0.2, -0.15) is 0 Å². The van der Waals surface area contributed by atoms with Gasteiger partial charge in [0.1, 0.15) is 0 Å². The highest BCUT2D eigenvalue weighted by Gasteiger charge is 2.44. The highest BCUT2D eigenvalue weighted by molar-refractivity contribution is 6.35. The summed E-state index contributed by atoms with van der Waals surface area (Å²) in [6.07, 6.45) is 1.40. The number of rotatable bonds is 9. The number of hydrogen-bond donors (Lipinski definition) is 0. The zero-order valence-corrected chi connectivity index (χ0v) is 27.0. The lowest BCUT2D eigenvalue weighted by Gasteiger charge is -2.42. The molecule has 6 aromatic rings. The number of halogens is 4. The molecular formula is C40H30Cl4. The van der Waals surface area contributed by atoms with Crippen LogP contribution >= 0.6 is 46.4 Å². The second kappa shape index (κ2) is 13.2. The molecule has 0 atom stereocenters. The number of hydrogen-bond acceptors (Lipinski definition) is 0. The van der Waals surface area contributed by atoms with Crippen LogP contribution < -0.4 is 0 Å². The Balaban J connectivity index is 1.67. The second-order valence-corrected chi connectivity index (χ2v) is 12.7. The van der Waals surface area contributed by atoms with E-state index in [-0.39, 0.29) is 0 Å². The van der Waals surface area contributed by atoms with Crippen LogP contribution in [0.1, 0.15) is 46.2 Å². The summed E-state index contributed by atoms with van der Waals surface area (Å²) < 4.78 is 0. The third kappa shape index (κ3) is 5.69. The summed E-state index contributed by atoms with van der Waals surface area (Å²) in [5, 5.41) is 2.45. The highest BCUT2D eigenvalue weighted by atomic mass is 35.5. The predicted octanol–water partition coefficient (Wildman–Crippen LogP) is 12.4. The van der Waals surface area contributed by atoms with Gasteiger partial charge in [-0.15, -0.1) is 0 Å². The third-order valence-corrected chi connectivity index (χ3v) is 9.82. The molecule has 0 radical (unpaired) electrons. The summed E-state index contributed by atoms with van der Waals surface area (Å²) in [5.74, 6) is 0. The van der Waals surface area contributed by atoms with E-state index < -0.39 is 10.8 Å². The van der Waals surface area contributed by atoms with E-state index in [4.69, 9.17) is 46.4 Å². The van der Waals surface area contributed by atoms with Gasteiger partial charge in [-0.1, -0.05) is 180 Å². The van der Waals surface area contributed by atoms with Gasteiger partial charge in [0.05, 0.1) is 0 Å². The Kier molecular flexibility index (Phi) is 9.17. The molecule has 0 nitrogen and oxygen atoms in total. The monoisotopic (exact) mass is 650 g/mol. The molecule has 0 amide bonds. The van der Waals surface area contributed by atoms with Crippen LogP contribution in [0.25, 0.3) is 0 Å². The lowest BCUT2D eigenvalue weighted by molar-refractivity contribution is 0.452. The molecule has 0 spiro atoms. The number of benzene rings is 6. The summed E-state index contributed by atoms with van der Waals surface area (Å²) >= 11 is 27.2. The molecule has 4 heteroatoms. The first-order valence-corrected chi connectivity index (χ1v) is 16.1. The fourth-order valence-electron chi connectivity index (χ4n) is 6.74. The van der Waals surface area contributed by atoms with Crippen LogP contribution in [0.4, 0.5) is 0 Å². The summed E-state index contributed by atoms with van der Waals surface area (Å²) in [5.41, 5.74) is 5.35. The Morgan fingerprint density at radius 2 is 0.614 bits per heavy atom. The molecule has 0 aliphatic heterocycles. The maximum Gasteiger partial charge on any atom is 0.0466 e.